The first kappa shape index (κ1) is 14.5. The molecule has 0 amide bonds. The lowest BCUT2D eigenvalue weighted by molar-refractivity contribution is -0.138. The van der Waals surface area contributed by atoms with E-state index < -0.39 is 23.6 Å². The van der Waals surface area contributed by atoms with E-state index in [1.54, 1.807) is 0 Å². The van der Waals surface area contributed by atoms with Crippen LogP contribution in [-0.2, 0) is 6.18 Å². The van der Waals surface area contributed by atoms with Gasteiger partial charge in [-0.05, 0) is 25.1 Å². The van der Waals surface area contributed by atoms with Gasteiger partial charge in [0.05, 0.1) is 10.6 Å². The van der Waals surface area contributed by atoms with Crippen LogP contribution in [0.1, 0.15) is 23.6 Å². The van der Waals surface area contributed by atoms with Crippen molar-refractivity contribution in [3.05, 3.63) is 34.1 Å². The zero-order valence-electron chi connectivity index (χ0n) is 8.44. The number of hydrogen-bond donors (Lipinski definition) is 1. The second kappa shape index (κ2) is 5.00. The first-order chi connectivity index (χ1) is 7.41. The van der Waals surface area contributed by atoms with Crippen LogP contribution in [-0.4, -0.2) is 6.54 Å². The minimum absolute atomic E-state index is 0. The molecular weight excluding hydrogens is 281 g/mol. The molecule has 0 aliphatic carbocycles. The van der Waals surface area contributed by atoms with Gasteiger partial charge in [-0.3, -0.25) is 0 Å². The largest absolute Gasteiger partial charge is 0.416 e. The molecule has 0 radical (unpaired) electrons. The standard InChI is InChI=1S/C10H8ClF4N.ClH/c11-6-2-1-5(10(13,14)15)8(9(6)12)7-3-4-16-7;/h1-2,7,16H,3-4H2;1H/t7-;/m0./s1. The molecule has 1 saturated heterocycles. The topological polar surface area (TPSA) is 12.0 Å². The van der Waals surface area contributed by atoms with E-state index in [0.29, 0.717) is 13.0 Å². The molecule has 0 unspecified atom stereocenters. The fraction of sp³-hybridized carbons (Fsp3) is 0.400. The van der Waals surface area contributed by atoms with Crippen molar-refractivity contribution < 1.29 is 17.6 Å². The van der Waals surface area contributed by atoms with Crippen LogP contribution < -0.4 is 5.32 Å². The van der Waals surface area contributed by atoms with Gasteiger partial charge in [-0.25, -0.2) is 4.39 Å². The molecule has 1 N–H and O–H groups in total. The summed E-state index contributed by atoms with van der Waals surface area (Å²) in [5.74, 6) is -0.978. The third-order valence-electron chi connectivity index (χ3n) is 2.61. The molecule has 1 aromatic carbocycles. The molecule has 0 spiro atoms. The van der Waals surface area contributed by atoms with Crippen molar-refractivity contribution in [2.24, 2.45) is 0 Å². The van der Waals surface area contributed by atoms with Crippen LogP contribution in [0.5, 0.6) is 0 Å². The van der Waals surface area contributed by atoms with E-state index in [1.807, 2.05) is 0 Å². The minimum Gasteiger partial charge on any atom is -0.310 e. The Kier molecular flexibility index (Phi) is 4.28. The van der Waals surface area contributed by atoms with Gasteiger partial charge in [-0.1, -0.05) is 11.6 Å². The molecule has 0 bridgehead atoms. The van der Waals surface area contributed by atoms with E-state index in [1.165, 1.54) is 0 Å². The molecule has 1 aromatic rings. The maximum Gasteiger partial charge on any atom is 0.416 e. The second-order valence-corrected chi connectivity index (χ2v) is 4.02. The van der Waals surface area contributed by atoms with Crippen LogP contribution >= 0.6 is 24.0 Å². The van der Waals surface area contributed by atoms with Gasteiger partial charge in [0.25, 0.3) is 0 Å². The van der Waals surface area contributed by atoms with Gasteiger partial charge in [0.15, 0.2) is 0 Å². The normalized spacial score (nSPS) is 19.5. The molecule has 0 aromatic heterocycles. The molecule has 1 heterocycles. The Morgan fingerprint density at radius 1 is 1.29 bits per heavy atom. The predicted octanol–water partition coefficient (Wildman–Crippen LogP) is 3.95. The second-order valence-electron chi connectivity index (χ2n) is 3.62. The van der Waals surface area contributed by atoms with E-state index >= 15 is 0 Å². The van der Waals surface area contributed by atoms with Crippen molar-refractivity contribution in [1.29, 1.82) is 0 Å². The van der Waals surface area contributed by atoms with Gasteiger partial charge >= 0.3 is 6.18 Å². The summed E-state index contributed by atoms with van der Waals surface area (Å²) in [7, 11) is 0. The molecule has 1 aliphatic heterocycles. The number of nitrogens with one attached hydrogen (secondary N) is 1. The van der Waals surface area contributed by atoms with Gasteiger partial charge in [-0.15, -0.1) is 12.4 Å². The molecule has 1 nitrogen and oxygen atoms in total. The average Bonchev–Trinajstić information content (AvgIpc) is 2.08. The first-order valence-corrected chi connectivity index (χ1v) is 5.07. The summed E-state index contributed by atoms with van der Waals surface area (Å²) >= 11 is 5.49. The summed E-state index contributed by atoms with van der Waals surface area (Å²) in [5.41, 5.74) is -1.32. The highest BCUT2D eigenvalue weighted by atomic mass is 35.5. The van der Waals surface area contributed by atoms with Gasteiger partial charge in [0, 0.05) is 11.6 Å². The Labute approximate surface area is 107 Å². The summed E-state index contributed by atoms with van der Waals surface area (Å²) in [4.78, 5) is 0. The molecule has 1 aliphatic rings. The van der Waals surface area contributed by atoms with Crippen molar-refractivity contribution in [3.8, 4) is 0 Å². The number of benzene rings is 1. The maximum atomic E-state index is 13.6. The van der Waals surface area contributed by atoms with Gasteiger partial charge < -0.3 is 5.32 Å². The van der Waals surface area contributed by atoms with Crippen molar-refractivity contribution >= 4 is 24.0 Å². The number of hydrogen-bond acceptors (Lipinski definition) is 1. The van der Waals surface area contributed by atoms with Gasteiger partial charge in [0.2, 0.25) is 0 Å². The lowest BCUT2D eigenvalue weighted by atomic mass is 9.92. The highest BCUT2D eigenvalue weighted by molar-refractivity contribution is 6.30. The van der Waals surface area contributed by atoms with Crippen LogP contribution in [0.15, 0.2) is 12.1 Å². The van der Waals surface area contributed by atoms with E-state index in [4.69, 9.17) is 11.6 Å². The number of alkyl halides is 3. The summed E-state index contributed by atoms with van der Waals surface area (Å²) in [6, 6.07) is 1.16. The van der Waals surface area contributed by atoms with Gasteiger partial charge in [0.1, 0.15) is 5.82 Å². The quantitative estimate of drug-likeness (QED) is 0.772. The smallest absolute Gasteiger partial charge is 0.310 e. The van der Waals surface area contributed by atoms with Crippen LogP contribution in [0.4, 0.5) is 17.6 Å². The highest BCUT2D eigenvalue weighted by Crippen LogP contribution is 2.40. The molecule has 0 saturated carbocycles. The fourth-order valence-corrected chi connectivity index (χ4v) is 1.85. The zero-order valence-corrected chi connectivity index (χ0v) is 10.0. The highest BCUT2D eigenvalue weighted by Gasteiger charge is 2.38. The van der Waals surface area contributed by atoms with Crippen LogP contribution in [0.3, 0.4) is 0 Å². The number of halogens is 6. The predicted molar refractivity (Wildman–Crippen MR) is 59.0 cm³/mol. The fourth-order valence-electron chi connectivity index (χ4n) is 1.69. The number of rotatable bonds is 1. The van der Waals surface area contributed by atoms with Crippen molar-refractivity contribution in [2.45, 2.75) is 18.6 Å². The van der Waals surface area contributed by atoms with Crippen molar-refractivity contribution in [1.82, 2.24) is 5.32 Å². The average molecular weight is 290 g/mol. The Morgan fingerprint density at radius 3 is 2.29 bits per heavy atom. The summed E-state index contributed by atoms with van der Waals surface area (Å²) in [6.07, 6.45) is -4.07. The summed E-state index contributed by atoms with van der Waals surface area (Å²) in [6.45, 7) is 0.591. The molecule has 7 heteroatoms. The van der Waals surface area contributed by atoms with Crippen molar-refractivity contribution in [3.63, 3.8) is 0 Å². The lowest BCUT2D eigenvalue weighted by Gasteiger charge is -2.30. The van der Waals surface area contributed by atoms with Crippen LogP contribution in [0.2, 0.25) is 5.02 Å². The Morgan fingerprint density at radius 2 is 1.88 bits per heavy atom. The third kappa shape index (κ3) is 2.67. The summed E-state index contributed by atoms with van der Waals surface area (Å²) in [5, 5.41) is 2.46. The Hall–Kier alpha value is -0.520. The lowest BCUT2D eigenvalue weighted by Crippen LogP contribution is -2.37. The summed E-state index contributed by atoms with van der Waals surface area (Å²) < 4.78 is 51.5. The third-order valence-corrected chi connectivity index (χ3v) is 2.90. The van der Waals surface area contributed by atoms with Crippen LogP contribution in [0, 0.1) is 5.82 Å². The SMILES string of the molecule is Cl.Fc1c(Cl)ccc(C(F)(F)F)c1[C@@H]1CCN1. The Balaban J connectivity index is 0.00000144. The Bertz CT molecular complexity index is 416. The van der Waals surface area contributed by atoms with Crippen molar-refractivity contribution in [2.75, 3.05) is 6.54 Å². The minimum atomic E-state index is -4.56. The first-order valence-electron chi connectivity index (χ1n) is 4.69. The molecule has 1 fully saturated rings. The van der Waals surface area contributed by atoms with E-state index in [-0.39, 0.29) is 23.0 Å². The maximum absolute atomic E-state index is 13.6. The molecule has 96 valence electrons. The molecule has 1 atom stereocenters. The van der Waals surface area contributed by atoms with E-state index in [2.05, 4.69) is 5.32 Å². The van der Waals surface area contributed by atoms with E-state index in [9.17, 15) is 17.6 Å². The van der Waals surface area contributed by atoms with E-state index in [0.717, 1.165) is 12.1 Å². The zero-order chi connectivity index (χ0) is 11.9. The molecule has 2 rings (SSSR count). The molecule has 17 heavy (non-hydrogen) atoms. The monoisotopic (exact) mass is 289 g/mol. The van der Waals surface area contributed by atoms with Crippen LogP contribution in [0.25, 0.3) is 0 Å². The molecular formula is C10H9Cl2F4N. The van der Waals surface area contributed by atoms with Gasteiger partial charge in [-0.2, -0.15) is 13.2 Å².